The van der Waals surface area contributed by atoms with Gasteiger partial charge in [-0.25, -0.2) is 10.2 Å². The predicted octanol–water partition coefficient (Wildman–Crippen LogP) is 1.50. The number of carbonyl (C=O) groups excluding carboxylic acids is 2. The molecule has 6 heteroatoms. The lowest BCUT2D eigenvalue weighted by molar-refractivity contribution is -0.120. The van der Waals surface area contributed by atoms with Crippen molar-refractivity contribution in [3.8, 4) is 0 Å². The summed E-state index contributed by atoms with van der Waals surface area (Å²) in [4.78, 5) is 23.0. The molecule has 2 rings (SSSR count). The number of nitrogens with one attached hydrogen (secondary N) is 1. The molecule has 1 heterocycles. The van der Waals surface area contributed by atoms with E-state index in [4.69, 9.17) is 0 Å². The summed E-state index contributed by atoms with van der Waals surface area (Å²) in [5.74, 6) is -0.580. The molecule has 2 aromatic rings. The number of hydrazone groups is 1. The zero-order chi connectivity index (χ0) is 15.9. The fourth-order valence-corrected chi connectivity index (χ4v) is 1.89. The first-order valence-corrected chi connectivity index (χ1v) is 6.70. The molecule has 1 aromatic carbocycles. The largest absolute Gasteiger partial charge is 0.465 e. The molecular formula is C16H17N3O3. The standard InChI is InChI=1S/C16H17N3O3/c1-19-9-3-4-14(19)10-15(20)18-17-11-12-5-7-13(8-6-12)16(21)22-2/h3-9,11H,10H2,1-2H3,(H,18,20)/b17-11+. The first kappa shape index (κ1) is 15.5. The van der Waals surface area contributed by atoms with Gasteiger partial charge in [-0.1, -0.05) is 12.1 Å². The number of aromatic nitrogens is 1. The van der Waals surface area contributed by atoms with Crippen LogP contribution in [0.3, 0.4) is 0 Å². The Morgan fingerprint density at radius 2 is 2.00 bits per heavy atom. The van der Waals surface area contributed by atoms with Crippen molar-refractivity contribution in [2.24, 2.45) is 12.1 Å². The number of aryl methyl sites for hydroxylation is 1. The number of esters is 1. The molecule has 0 radical (unpaired) electrons. The van der Waals surface area contributed by atoms with Crippen molar-refractivity contribution in [3.05, 3.63) is 59.4 Å². The first-order valence-electron chi connectivity index (χ1n) is 6.70. The second-order valence-corrected chi connectivity index (χ2v) is 4.69. The molecule has 6 nitrogen and oxygen atoms in total. The quantitative estimate of drug-likeness (QED) is 0.516. The fraction of sp³-hybridized carbons (Fsp3) is 0.188. The number of nitrogens with zero attached hydrogens (tertiary/aromatic N) is 2. The van der Waals surface area contributed by atoms with Gasteiger partial charge in [0, 0.05) is 18.9 Å². The third kappa shape index (κ3) is 4.05. The summed E-state index contributed by atoms with van der Waals surface area (Å²) in [6.07, 6.45) is 3.67. The molecule has 0 fully saturated rings. The molecule has 0 saturated heterocycles. The van der Waals surface area contributed by atoms with E-state index in [1.165, 1.54) is 13.3 Å². The molecule has 0 aliphatic carbocycles. The maximum atomic E-state index is 11.7. The Labute approximate surface area is 128 Å². The first-order chi connectivity index (χ1) is 10.6. The van der Waals surface area contributed by atoms with Gasteiger partial charge in [0.2, 0.25) is 5.91 Å². The Bertz CT molecular complexity index is 687. The molecule has 0 aliphatic heterocycles. The van der Waals surface area contributed by atoms with E-state index < -0.39 is 0 Å². The van der Waals surface area contributed by atoms with Crippen LogP contribution in [0.2, 0.25) is 0 Å². The Morgan fingerprint density at radius 3 is 2.59 bits per heavy atom. The van der Waals surface area contributed by atoms with Crippen molar-refractivity contribution in [2.45, 2.75) is 6.42 Å². The van der Waals surface area contributed by atoms with Crippen molar-refractivity contribution < 1.29 is 14.3 Å². The van der Waals surface area contributed by atoms with Crippen LogP contribution in [0, 0.1) is 0 Å². The summed E-state index contributed by atoms with van der Waals surface area (Å²) in [6.45, 7) is 0. The number of hydrogen-bond acceptors (Lipinski definition) is 4. The van der Waals surface area contributed by atoms with Crippen LogP contribution in [0.5, 0.6) is 0 Å². The molecule has 22 heavy (non-hydrogen) atoms. The monoisotopic (exact) mass is 299 g/mol. The van der Waals surface area contributed by atoms with E-state index in [2.05, 4.69) is 15.3 Å². The van der Waals surface area contributed by atoms with Gasteiger partial charge in [-0.15, -0.1) is 0 Å². The van der Waals surface area contributed by atoms with E-state index in [0.29, 0.717) is 5.56 Å². The van der Waals surface area contributed by atoms with E-state index in [0.717, 1.165) is 11.3 Å². The van der Waals surface area contributed by atoms with E-state index in [1.807, 2.05) is 29.9 Å². The molecule has 0 unspecified atom stereocenters. The smallest absolute Gasteiger partial charge is 0.337 e. The third-order valence-electron chi connectivity index (χ3n) is 3.13. The van der Waals surface area contributed by atoms with Crippen LogP contribution in [0.25, 0.3) is 0 Å². The highest BCUT2D eigenvalue weighted by molar-refractivity contribution is 5.90. The predicted molar refractivity (Wildman–Crippen MR) is 82.6 cm³/mol. The normalized spacial score (nSPS) is 10.6. The molecule has 1 aromatic heterocycles. The van der Waals surface area contributed by atoms with Crippen LogP contribution >= 0.6 is 0 Å². The minimum absolute atomic E-state index is 0.191. The third-order valence-corrected chi connectivity index (χ3v) is 3.13. The van der Waals surface area contributed by atoms with Gasteiger partial charge in [0.15, 0.2) is 0 Å². The van der Waals surface area contributed by atoms with E-state index in [1.54, 1.807) is 24.3 Å². The molecule has 1 N–H and O–H groups in total. The Morgan fingerprint density at radius 1 is 1.27 bits per heavy atom. The van der Waals surface area contributed by atoms with Gasteiger partial charge >= 0.3 is 5.97 Å². The van der Waals surface area contributed by atoms with Crippen molar-refractivity contribution in [1.29, 1.82) is 0 Å². The number of amides is 1. The Kier molecular flexibility index (Phi) is 5.08. The average molecular weight is 299 g/mol. The zero-order valence-electron chi connectivity index (χ0n) is 12.4. The van der Waals surface area contributed by atoms with Gasteiger partial charge < -0.3 is 9.30 Å². The maximum absolute atomic E-state index is 11.7. The maximum Gasteiger partial charge on any atom is 0.337 e. The van der Waals surface area contributed by atoms with Crippen LogP contribution in [-0.4, -0.2) is 29.8 Å². The Hall–Kier alpha value is -2.89. The van der Waals surface area contributed by atoms with Crippen LogP contribution in [0.1, 0.15) is 21.6 Å². The van der Waals surface area contributed by atoms with E-state index >= 15 is 0 Å². The highest BCUT2D eigenvalue weighted by Crippen LogP contribution is 2.04. The second kappa shape index (κ2) is 7.21. The van der Waals surface area contributed by atoms with Crippen molar-refractivity contribution in [3.63, 3.8) is 0 Å². The van der Waals surface area contributed by atoms with Crippen LogP contribution in [-0.2, 0) is 23.0 Å². The molecule has 1 amide bonds. The molecule has 0 saturated carbocycles. The van der Waals surface area contributed by atoms with E-state index in [9.17, 15) is 9.59 Å². The fourth-order valence-electron chi connectivity index (χ4n) is 1.89. The summed E-state index contributed by atoms with van der Waals surface area (Å²) in [7, 11) is 3.22. The number of methoxy groups -OCH3 is 1. The second-order valence-electron chi connectivity index (χ2n) is 4.69. The van der Waals surface area contributed by atoms with Gasteiger partial charge in [0.05, 0.1) is 25.3 Å². The van der Waals surface area contributed by atoms with Crippen LogP contribution in [0.4, 0.5) is 0 Å². The van der Waals surface area contributed by atoms with Gasteiger partial charge in [-0.2, -0.15) is 5.10 Å². The SMILES string of the molecule is COC(=O)c1ccc(/C=N/NC(=O)Cc2cccn2C)cc1. The van der Waals surface area contributed by atoms with Crippen LogP contribution in [0.15, 0.2) is 47.7 Å². The molecule has 0 atom stereocenters. The molecular weight excluding hydrogens is 282 g/mol. The summed E-state index contributed by atoms with van der Waals surface area (Å²) < 4.78 is 6.50. The summed E-state index contributed by atoms with van der Waals surface area (Å²) in [5.41, 5.74) is 4.62. The lowest BCUT2D eigenvalue weighted by Crippen LogP contribution is -2.20. The Balaban J connectivity index is 1.88. The van der Waals surface area contributed by atoms with Crippen LogP contribution < -0.4 is 5.43 Å². The highest BCUT2D eigenvalue weighted by Gasteiger charge is 2.05. The lowest BCUT2D eigenvalue weighted by atomic mass is 10.1. The highest BCUT2D eigenvalue weighted by atomic mass is 16.5. The number of benzene rings is 1. The average Bonchev–Trinajstić information content (AvgIpc) is 2.92. The number of rotatable bonds is 5. The minimum atomic E-state index is -0.389. The topological polar surface area (TPSA) is 72.7 Å². The summed E-state index contributed by atoms with van der Waals surface area (Å²) >= 11 is 0. The van der Waals surface area contributed by atoms with Crippen molar-refractivity contribution >= 4 is 18.1 Å². The van der Waals surface area contributed by atoms with Gasteiger partial charge in [-0.3, -0.25) is 4.79 Å². The van der Waals surface area contributed by atoms with E-state index in [-0.39, 0.29) is 18.3 Å². The summed E-state index contributed by atoms with van der Waals surface area (Å²) in [6, 6.07) is 10.5. The minimum Gasteiger partial charge on any atom is -0.465 e. The molecule has 0 bridgehead atoms. The van der Waals surface area contributed by atoms with Gasteiger partial charge in [-0.05, 0) is 29.8 Å². The summed E-state index contributed by atoms with van der Waals surface area (Å²) in [5, 5.41) is 3.90. The van der Waals surface area contributed by atoms with Crippen molar-refractivity contribution in [1.82, 2.24) is 9.99 Å². The van der Waals surface area contributed by atoms with Gasteiger partial charge in [0.1, 0.15) is 0 Å². The number of hydrogen-bond donors (Lipinski definition) is 1. The molecule has 0 spiro atoms. The van der Waals surface area contributed by atoms with Crippen molar-refractivity contribution in [2.75, 3.05) is 7.11 Å². The lowest BCUT2D eigenvalue weighted by Gasteiger charge is -2.02. The zero-order valence-corrected chi connectivity index (χ0v) is 12.4. The number of ether oxygens (including phenoxy) is 1. The molecule has 114 valence electrons. The molecule has 0 aliphatic rings. The van der Waals surface area contributed by atoms with Gasteiger partial charge in [0.25, 0.3) is 0 Å². The number of carbonyl (C=O) groups is 2.